The van der Waals surface area contributed by atoms with E-state index in [1.165, 1.54) is 38.9 Å². The Hall–Kier alpha value is -3.84. The van der Waals surface area contributed by atoms with Gasteiger partial charge in [0.2, 0.25) is 0 Å². The summed E-state index contributed by atoms with van der Waals surface area (Å²) in [5.41, 5.74) is 9.33. The smallest absolute Gasteiger partial charge is 0.406 e. The van der Waals surface area contributed by atoms with Crippen molar-refractivity contribution in [3.8, 4) is 17.6 Å². The number of piperidine rings is 1. The number of likely N-dealkylation sites (tertiary alicyclic amines) is 1. The van der Waals surface area contributed by atoms with Gasteiger partial charge in [0, 0.05) is 29.4 Å². The van der Waals surface area contributed by atoms with Gasteiger partial charge in [-0.2, -0.15) is 13.2 Å². The predicted molar refractivity (Wildman–Crippen MR) is 162 cm³/mol. The van der Waals surface area contributed by atoms with E-state index in [1.54, 1.807) is 38.4 Å². The van der Waals surface area contributed by atoms with Gasteiger partial charge in [-0.15, -0.1) is 0 Å². The van der Waals surface area contributed by atoms with E-state index in [0.29, 0.717) is 35.2 Å². The highest BCUT2D eigenvalue weighted by molar-refractivity contribution is 5.92. The number of hydrogen-bond donors (Lipinski definition) is 3. The maximum atomic E-state index is 13.1. The summed E-state index contributed by atoms with van der Waals surface area (Å²) in [6.07, 6.45) is -0.0735. The van der Waals surface area contributed by atoms with Gasteiger partial charge in [-0.25, -0.2) is 0 Å². The molecule has 2 aromatic carbocycles. The Balaban J connectivity index is 0.000000500. The van der Waals surface area contributed by atoms with E-state index in [-0.39, 0.29) is 12.2 Å². The number of methoxy groups -OCH3 is 1. The van der Waals surface area contributed by atoms with Crippen LogP contribution in [0.15, 0.2) is 49.0 Å². The minimum absolute atomic E-state index is 0.214. The Morgan fingerprint density at radius 2 is 1.80 bits per heavy atom. The van der Waals surface area contributed by atoms with Crippen LogP contribution in [0.3, 0.4) is 0 Å². The van der Waals surface area contributed by atoms with Crippen molar-refractivity contribution in [3.63, 3.8) is 0 Å². The summed E-state index contributed by atoms with van der Waals surface area (Å²) in [6, 6.07) is 12.0. The molecular weight excluding hydrogens is 534 g/mol. The van der Waals surface area contributed by atoms with Crippen LogP contribution in [0.1, 0.15) is 37.4 Å². The molecule has 6 nitrogen and oxygen atoms in total. The third kappa shape index (κ3) is 9.94. The zero-order chi connectivity index (χ0) is 30.4. The number of halogens is 4. The molecule has 224 valence electrons. The fourth-order valence-electron chi connectivity index (χ4n) is 4.48. The molecule has 0 spiro atoms. The van der Waals surface area contributed by atoms with Gasteiger partial charge >= 0.3 is 6.18 Å². The number of rotatable bonds is 7. The number of alkyl halides is 4. The molecule has 1 fully saturated rings. The molecule has 0 bridgehead atoms. The second-order valence-corrected chi connectivity index (χ2v) is 9.30. The average Bonchev–Trinajstić information content (AvgIpc) is 3.33. The molecule has 0 saturated carbocycles. The first-order valence-electron chi connectivity index (χ1n) is 13.5. The summed E-state index contributed by atoms with van der Waals surface area (Å²) in [6.45, 7) is 9.17. The summed E-state index contributed by atoms with van der Waals surface area (Å²) in [5.74, 6) is 6.32. The molecule has 1 aliphatic heterocycles. The topological polar surface area (TPSA) is 67.5 Å². The normalized spacial score (nSPS) is 13.1. The zero-order valence-electron chi connectivity index (χ0n) is 24.3. The Bertz CT molecular complexity index is 1320. The van der Waals surface area contributed by atoms with Crippen molar-refractivity contribution in [1.29, 1.82) is 0 Å². The maximum absolute atomic E-state index is 13.1. The van der Waals surface area contributed by atoms with E-state index >= 15 is 0 Å². The second-order valence-electron chi connectivity index (χ2n) is 9.30. The van der Waals surface area contributed by atoms with Gasteiger partial charge in [-0.1, -0.05) is 38.0 Å². The molecule has 1 aliphatic rings. The highest BCUT2D eigenvalue weighted by atomic mass is 19.4. The lowest BCUT2D eigenvalue weighted by Crippen LogP contribution is -2.29. The number of hydrogen-bond acceptors (Lipinski definition) is 5. The largest absolute Gasteiger partial charge is 0.495 e. The lowest BCUT2D eigenvalue weighted by Gasteiger charge is -2.24. The molecule has 0 unspecified atom stereocenters. The summed E-state index contributed by atoms with van der Waals surface area (Å²) in [4.78, 5) is 2.52. The first kappa shape index (κ1) is 33.4. The number of anilines is 2. The van der Waals surface area contributed by atoms with Crippen LogP contribution in [0.2, 0.25) is 0 Å². The summed E-state index contributed by atoms with van der Waals surface area (Å²) in [7, 11) is 3.83. The van der Waals surface area contributed by atoms with Crippen LogP contribution in [-0.4, -0.2) is 63.2 Å². The lowest BCUT2D eigenvalue weighted by atomic mass is 10.1. The molecule has 0 amide bonds. The molecule has 0 atom stereocenters. The van der Waals surface area contributed by atoms with Gasteiger partial charge < -0.3 is 30.6 Å². The van der Waals surface area contributed by atoms with Crippen molar-refractivity contribution >= 4 is 28.0 Å². The number of ether oxygens (including phenoxy) is 1. The Labute approximate surface area is 240 Å². The number of nitrogens with one attached hydrogen (secondary N) is 2. The Kier molecular flexibility index (Phi) is 13.4. The molecule has 3 aromatic rings. The molecule has 0 aliphatic carbocycles. The van der Waals surface area contributed by atoms with Crippen LogP contribution in [0.5, 0.6) is 5.75 Å². The standard InChI is InChI=1S/C23H23F3N4O.C7H15N.CH3F/c1-15(28-2)16-9-10-20(22(12-16)31-3)29-11-5-6-17-13-18-19(27)7-4-8-21(18)30(17)14-23(24,25)26;1-2-8-6-4-3-5-7-8;1-2/h4,7-10,12-13,28-29H,1,11,14,27H2,2-3H3;2-7H2,1H3;1H3. The molecule has 1 aromatic heterocycles. The van der Waals surface area contributed by atoms with Crippen LogP contribution < -0.4 is 21.1 Å². The van der Waals surface area contributed by atoms with Gasteiger partial charge in [0.05, 0.1) is 37.7 Å². The van der Waals surface area contributed by atoms with Gasteiger partial charge in [0.1, 0.15) is 12.3 Å². The van der Waals surface area contributed by atoms with Crippen LogP contribution in [-0.2, 0) is 6.54 Å². The average molecular weight is 576 g/mol. The monoisotopic (exact) mass is 575 g/mol. The fourth-order valence-corrected chi connectivity index (χ4v) is 4.48. The van der Waals surface area contributed by atoms with Crippen molar-refractivity contribution in [2.24, 2.45) is 0 Å². The number of nitrogens with two attached hydrogens (primary N) is 1. The number of benzene rings is 2. The van der Waals surface area contributed by atoms with Crippen molar-refractivity contribution in [2.75, 3.05) is 58.6 Å². The predicted octanol–water partition coefficient (Wildman–Crippen LogP) is 6.53. The van der Waals surface area contributed by atoms with Gasteiger partial charge in [-0.05, 0) is 68.7 Å². The van der Waals surface area contributed by atoms with Crippen LogP contribution in [0.4, 0.5) is 28.9 Å². The number of nitrogens with zero attached hydrogens (tertiary/aromatic N) is 2. The highest BCUT2D eigenvalue weighted by Gasteiger charge is 2.29. The molecule has 41 heavy (non-hydrogen) atoms. The quantitative estimate of drug-likeness (QED) is 0.170. The number of aromatic nitrogens is 1. The van der Waals surface area contributed by atoms with E-state index in [2.05, 4.69) is 40.9 Å². The minimum atomic E-state index is -4.38. The van der Waals surface area contributed by atoms with Crippen molar-refractivity contribution in [2.45, 2.75) is 38.9 Å². The molecular formula is C31H41F4N5O. The van der Waals surface area contributed by atoms with Crippen LogP contribution in [0.25, 0.3) is 16.6 Å². The highest BCUT2D eigenvalue weighted by Crippen LogP contribution is 2.29. The third-order valence-corrected chi connectivity index (χ3v) is 6.65. The Morgan fingerprint density at radius 1 is 1.10 bits per heavy atom. The molecule has 1 saturated heterocycles. The third-order valence-electron chi connectivity index (χ3n) is 6.65. The molecule has 10 heteroatoms. The fraction of sp³-hybridized carbons (Fsp3) is 0.419. The van der Waals surface area contributed by atoms with E-state index < -0.39 is 12.7 Å². The molecule has 2 heterocycles. The van der Waals surface area contributed by atoms with Gasteiger partial charge in [0.25, 0.3) is 0 Å². The van der Waals surface area contributed by atoms with E-state index in [1.807, 2.05) is 18.2 Å². The first-order valence-corrected chi connectivity index (χ1v) is 13.5. The van der Waals surface area contributed by atoms with Crippen LogP contribution in [0, 0.1) is 11.8 Å². The van der Waals surface area contributed by atoms with Gasteiger partial charge in [0.15, 0.2) is 0 Å². The summed E-state index contributed by atoms with van der Waals surface area (Å²) in [5, 5.41) is 6.65. The molecule has 4 N–H and O–H groups in total. The van der Waals surface area contributed by atoms with Crippen LogP contribution >= 0.6 is 0 Å². The van der Waals surface area contributed by atoms with E-state index in [4.69, 9.17) is 10.5 Å². The van der Waals surface area contributed by atoms with Gasteiger partial charge in [-0.3, -0.25) is 4.39 Å². The Morgan fingerprint density at radius 3 is 2.39 bits per heavy atom. The SMILES string of the molecule is C=C(NC)c1ccc(NCC#Cc2cc3c(N)cccc3n2CC(F)(F)F)c(OC)c1.CCN1CCCCC1.CF. The number of nitrogen functional groups attached to an aromatic ring is 1. The van der Waals surface area contributed by atoms with Crippen molar-refractivity contribution in [1.82, 2.24) is 14.8 Å². The second kappa shape index (κ2) is 16.4. The van der Waals surface area contributed by atoms with Crippen molar-refractivity contribution in [3.05, 3.63) is 60.3 Å². The van der Waals surface area contributed by atoms with E-state index in [0.717, 1.165) is 15.8 Å². The van der Waals surface area contributed by atoms with Crippen molar-refractivity contribution < 1.29 is 22.3 Å². The molecule has 4 rings (SSSR count). The zero-order valence-corrected chi connectivity index (χ0v) is 24.3. The minimum Gasteiger partial charge on any atom is -0.495 e. The van der Waals surface area contributed by atoms with E-state index in [9.17, 15) is 17.6 Å². The maximum Gasteiger partial charge on any atom is 0.406 e. The lowest BCUT2D eigenvalue weighted by molar-refractivity contribution is -0.140. The summed E-state index contributed by atoms with van der Waals surface area (Å²) >= 11 is 0. The first-order chi connectivity index (χ1) is 19.7. The number of fused-ring (bicyclic) bond motifs is 1. The molecule has 0 radical (unpaired) electrons. The summed E-state index contributed by atoms with van der Waals surface area (Å²) < 4.78 is 55.3.